The fourth-order valence-corrected chi connectivity index (χ4v) is 5.21. The number of aromatic nitrogens is 7. The first-order valence-electron chi connectivity index (χ1n) is 13.3. The largest absolute Gasteiger partial charge is 2.00 e. The molecule has 0 spiro atoms. The second-order valence-electron chi connectivity index (χ2n) is 9.65. The van der Waals surface area contributed by atoms with Crippen LogP contribution in [-0.4, -0.2) is 34.9 Å². The van der Waals surface area contributed by atoms with Gasteiger partial charge in [0.2, 0.25) is 0 Å². The van der Waals surface area contributed by atoms with Crippen molar-refractivity contribution in [3.05, 3.63) is 115 Å². The zero-order chi connectivity index (χ0) is 32.4. The molecule has 0 aliphatic rings. The maximum atomic E-state index is 9.87. The normalized spacial score (nSPS) is 12.6. The van der Waals surface area contributed by atoms with Crippen LogP contribution in [0.2, 0.25) is 0 Å². The number of nitrogens with zero attached hydrogens (tertiary/aromatic N) is 7. The molecule has 1 aromatic carbocycles. The monoisotopic (exact) mass is 768 g/mol. The fourth-order valence-electron chi connectivity index (χ4n) is 4.50. The molecule has 0 fully saturated rings. The van der Waals surface area contributed by atoms with Crippen molar-refractivity contribution >= 4 is 63.1 Å². The third-order valence-corrected chi connectivity index (χ3v) is 7.19. The molecule has 7 nitrogen and oxygen atoms in total. The van der Waals surface area contributed by atoms with E-state index in [9.17, 15) is 25.2 Å². The van der Waals surface area contributed by atoms with E-state index in [1.807, 2.05) is 72.9 Å². The predicted octanol–water partition coefficient (Wildman–Crippen LogP) is 10.5. The van der Waals surface area contributed by atoms with E-state index in [-0.39, 0.29) is 19.5 Å². The van der Waals surface area contributed by atoms with E-state index in [2.05, 4.69) is 42.4 Å². The zero-order valence-electron chi connectivity index (χ0n) is 23.6. The number of halogens is 6. The summed E-state index contributed by atoms with van der Waals surface area (Å²) < 4.78 is 59.2. The van der Waals surface area contributed by atoms with Gasteiger partial charge in [-0.1, -0.05) is 18.2 Å². The van der Waals surface area contributed by atoms with Gasteiger partial charge in [-0.05, 0) is 66.0 Å². The van der Waals surface area contributed by atoms with Crippen molar-refractivity contribution in [2.24, 2.45) is 0 Å². The molecule has 0 bridgehead atoms. The SMILES string of the molecule is F[P-](F)(F)(F)(F)F.[Ru+2].c1ccc(-c2ccccn2)nc1.c1csc(-c2cnc3nc4c5cccnc5c5ncccc5c4nc3c2)c1. The van der Waals surface area contributed by atoms with Gasteiger partial charge in [-0.15, -0.1) is 11.3 Å². The van der Waals surface area contributed by atoms with Gasteiger partial charge in [0.1, 0.15) is 11.0 Å². The van der Waals surface area contributed by atoms with Crippen LogP contribution in [0.3, 0.4) is 0 Å². The minimum atomic E-state index is -10.7. The Balaban J connectivity index is 0.000000180. The van der Waals surface area contributed by atoms with Crippen molar-refractivity contribution in [3.8, 4) is 21.8 Å². The first kappa shape index (κ1) is 33.8. The quantitative estimate of drug-likeness (QED) is 0.0569. The molecule has 47 heavy (non-hydrogen) atoms. The Bertz CT molecular complexity index is 2270. The van der Waals surface area contributed by atoms with E-state index < -0.39 is 7.81 Å². The summed E-state index contributed by atoms with van der Waals surface area (Å²) in [5.74, 6) is 0. The van der Waals surface area contributed by atoms with Crippen molar-refractivity contribution in [2.75, 3.05) is 0 Å². The second kappa shape index (κ2) is 12.6. The standard InChI is InChI=1S/C21H11N5S.C10H8N2.F6P.Ru/c1-4-13-17(22-7-1)18-14(5-2-8-23-18)20-19(13)25-15-10-12(11-24-21(15)26-20)16-6-3-9-27-16;1-3-7-11-9(5-1)10-6-2-4-8-12-10;1-7(2,3,4,5)6;/h1-11H;1-8H;;/q;;-1;+2. The van der Waals surface area contributed by atoms with E-state index in [1.54, 1.807) is 36.1 Å². The summed E-state index contributed by atoms with van der Waals surface area (Å²) in [5, 5.41) is 3.95. The van der Waals surface area contributed by atoms with Crippen LogP contribution in [0.15, 0.2) is 115 Å². The van der Waals surface area contributed by atoms with Gasteiger partial charge in [0.05, 0.1) is 27.9 Å². The molecule has 7 aromatic heterocycles. The Labute approximate surface area is 278 Å². The Morgan fingerprint density at radius 2 is 1.06 bits per heavy atom. The van der Waals surface area contributed by atoms with Gasteiger partial charge in [-0.2, -0.15) is 0 Å². The number of hydrogen-bond donors (Lipinski definition) is 0. The number of rotatable bonds is 2. The van der Waals surface area contributed by atoms with Gasteiger partial charge in [-0.25, -0.2) is 15.0 Å². The maximum Gasteiger partial charge on any atom is 2.00 e. The summed E-state index contributed by atoms with van der Waals surface area (Å²) in [7, 11) is -10.7. The average molecular weight is 768 g/mol. The molecule has 0 saturated heterocycles. The van der Waals surface area contributed by atoms with Crippen molar-refractivity contribution in [3.63, 3.8) is 0 Å². The summed E-state index contributed by atoms with van der Waals surface area (Å²) in [5.41, 5.74) is 7.62. The summed E-state index contributed by atoms with van der Waals surface area (Å²) >= 11 is 1.69. The van der Waals surface area contributed by atoms with Gasteiger partial charge in [-0.3, -0.25) is 19.9 Å². The van der Waals surface area contributed by atoms with E-state index in [4.69, 9.17) is 9.97 Å². The fraction of sp³-hybridized carbons (Fsp3) is 0. The van der Waals surface area contributed by atoms with Crippen LogP contribution in [0, 0.1) is 0 Å². The van der Waals surface area contributed by atoms with Crippen molar-refractivity contribution in [1.82, 2.24) is 34.9 Å². The Hall–Kier alpha value is -4.58. The summed E-state index contributed by atoms with van der Waals surface area (Å²) in [6.45, 7) is 0. The van der Waals surface area contributed by atoms with E-state index in [1.165, 1.54) is 4.88 Å². The van der Waals surface area contributed by atoms with Gasteiger partial charge in [0.25, 0.3) is 0 Å². The van der Waals surface area contributed by atoms with Gasteiger partial charge < -0.3 is 0 Å². The first-order valence-corrected chi connectivity index (χ1v) is 16.2. The van der Waals surface area contributed by atoms with Crippen LogP contribution in [0.5, 0.6) is 0 Å². The minimum absolute atomic E-state index is 0. The Kier molecular flexibility index (Phi) is 9.02. The summed E-state index contributed by atoms with van der Waals surface area (Å²) in [6, 6.07) is 25.6. The topological polar surface area (TPSA) is 90.2 Å². The molecule has 0 N–H and O–H groups in total. The molecule has 8 aromatic rings. The molecule has 238 valence electrons. The second-order valence-corrected chi connectivity index (χ2v) is 12.5. The van der Waals surface area contributed by atoms with E-state index in [0.29, 0.717) is 5.65 Å². The van der Waals surface area contributed by atoms with Crippen molar-refractivity contribution < 1.29 is 44.7 Å². The molecule has 0 unspecified atom stereocenters. The molecule has 0 atom stereocenters. The third-order valence-electron chi connectivity index (χ3n) is 6.27. The molecule has 7 heterocycles. The van der Waals surface area contributed by atoms with Gasteiger partial charge >= 0.3 is 52.5 Å². The zero-order valence-corrected chi connectivity index (χ0v) is 27.0. The molecule has 0 amide bonds. The summed E-state index contributed by atoms with van der Waals surface area (Å²) in [6.07, 6.45) is 8.96. The van der Waals surface area contributed by atoms with Crippen molar-refractivity contribution in [1.29, 1.82) is 0 Å². The maximum absolute atomic E-state index is 10.7. The van der Waals surface area contributed by atoms with Crippen LogP contribution >= 0.6 is 19.1 Å². The Morgan fingerprint density at radius 3 is 1.55 bits per heavy atom. The molecular weight excluding hydrogens is 748 g/mol. The minimum Gasteiger partial charge on any atom is -0.255 e. The van der Waals surface area contributed by atoms with Crippen LogP contribution < -0.4 is 0 Å². The van der Waals surface area contributed by atoms with Crippen molar-refractivity contribution in [2.45, 2.75) is 0 Å². The smallest absolute Gasteiger partial charge is 0.255 e. The molecule has 0 saturated carbocycles. The molecule has 8 rings (SSSR count). The number of pyridine rings is 5. The van der Waals surface area contributed by atoms with Crippen LogP contribution in [0.25, 0.3) is 65.8 Å². The molecule has 16 heteroatoms. The van der Waals surface area contributed by atoms with Gasteiger partial charge in [0.15, 0.2) is 5.65 Å². The van der Waals surface area contributed by atoms with E-state index in [0.717, 1.165) is 55.3 Å². The number of benzene rings is 1. The number of fused-ring (bicyclic) bond motifs is 7. The predicted molar refractivity (Wildman–Crippen MR) is 170 cm³/mol. The summed E-state index contributed by atoms with van der Waals surface area (Å²) in [4.78, 5) is 33.0. The van der Waals surface area contributed by atoms with Crippen LogP contribution in [0.1, 0.15) is 0 Å². The van der Waals surface area contributed by atoms with E-state index >= 15 is 0 Å². The number of hydrogen-bond acceptors (Lipinski definition) is 8. The van der Waals surface area contributed by atoms with Crippen LogP contribution in [0.4, 0.5) is 25.2 Å². The first-order chi connectivity index (χ1) is 21.8. The molecule has 0 radical (unpaired) electrons. The molecule has 0 aliphatic carbocycles. The third kappa shape index (κ3) is 8.82. The molecular formula is C31H19F6N7PRuS+. The average Bonchev–Trinajstić information content (AvgIpc) is 3.59. The number of thiophene rings is 1. The van der Waals surface area contributed by atoms with Crippen LogP contribution in [-0.2, 0) is 19.5 Å². The van der Waals surface area contributed by atoms with Gasteiger partial charge in [0, 0.05) is 52.2 Å². The Morgan fingerprint density at radius 1 is 0.532 bits per heavy atom. The molecule has 0 aliphatic heterocycles.